The number of amides is 1. The second-order valence-electron chi connectivity index (χ2n) is 5.10. The van der Waals surface area contributed by atoms with Crippen molar-refractivity contribution in [3.63, 3.8) is 0 Å². The zero-order chi connectivity index (χ0) is 14.5. The summed E-state index contributed by atoms with van der Waals surface area (Å²) in [4.78, 5) is 17.4. The molecule has 0 bridgehead atoms. The molecule has 1 aliphatic rings. The SMILES string of the molecule is O=C(NCc1ncc(Cc2ccccc2)s1)C1CCCO1. The van der Waals surface area contributed by atoms with Crippen LogP contribution in [0.25, 0.3) is 0 Å². The molecule has 1 saturated heterocycles. The van der Waals surface area contributed by atoms with E-state index in [0.717, 1.165) is 24.3 Å². The Kier molecular flexibility index (Phi) is 4.62. The minimum atomic E-state index is -0.270. The first-order chi connectivity index (χ1) is 10.3. The average Bonchev–Trinajstić information content (AvgIpc) is 3.17. The van der Waals surface area contributed by atoms with Gasteiger partial charge in [-0.15, -0.1) is 11.3 Å². The van der Waals surface area contributed by atoms with Gasteiger partial charge in [0.1, 0.15) is 11.1 Å². The fraction of sp³-hybridized carbons (Fsp3) is 0.375. The Labute approximate surface area is 128 Å². The molecule has 3 rings (SSSR count). The first-order valence-corrected chi connectivity index (χ1v) is 8.00. The van der Waals surface area contributed by atoms with Crippen LogP contribution in [0.2, 0.25) is 0 Å². The first kappa shape index (κ1) is 14.2. The summed E-state index contributed by atoms with van der Waals surface area (Å²) in [5.74, 6) is -0.0210. The third-order valence-electron chi connectivity index (χ3n) is 3.46. The third kappa shape index (κ3) is 3.89. The molecule has 1 atom stereocenters. The topological polar surface area (TPSA) is 51.2 Å². The number of benzene rings is 1. The van der Waals surface area contributed by atoms with Crippen LogP contribution in [0, 0.1) is 0 Å². The van der Waals surface area contributed by atoms with Crippen molar-refractivity contribution in [3.05, 3.63) is 52.0 Å². The summed E-state index contributed by atoms with van der Waals surface area (Å²) in [7, 11) is 0. The molecule has 1 unspecified atom stereocenters. The van der Waals surface area contributed by atoms with Gasteiger partial charge in [-0.3, -0.25) is 4.79 Å². The quantitative estimate of drug-likeness (QED) is 0.923. The van der Waals surface area contributed by atoms with E-state index in [4.69, 9.17) is 4.74 Å². The molecular weight excluding hydrogens is 284 g/mol. The minimum Gasteiger partial charge on any atom is -0.368 e. The highest BCUT2D eigenvalue weighted by Crippen LogP contribution is 2.17. The highest BCUT2D eigenvalue weighted by atomic mass is 32.1. The predicted molar refractivity (Wildman–Crippen MR) is 82.2 cm³/mol. The Balaban J connectivity index is 1.52. The summed E-state index contributed by atoms with van der Waals surface area (Å²) < 4.78 is 5.36. The summed E-state index contributed by atoms with van der Waals surface area (Å²) in [5, 5.41) is 3.84. The fourth-order valence-electron chi connectivity index (χ4n) is 2.37. The molecule has 0 aliphatic carbocycles. The van der Waals surface area contributed by atoms with E-state index in [-0.39, 0.29) is 12.0 Å². The Bertz CT molecular complexity index is 591. The highest BCUT2D eigenvalue weighted by molar-refractivity contribution is 7.11. The predicted octanol–water partition coefficient (Wildman–Crippen LogP) is 2.53. The van der Waals surface area contributed by atoms with Crippen LogP contribution in [0.4, 0.5) is 0 Å². The monoisotopic (exact) mass is 302 g/mol. The number of hydrogen-bond acceptors (Lipinski definition) is 4. The van der Waals surface area contributed by atoms with Crippen molar-refractivity contribution in [2.24, 2.45) is 0 Å². The Morgan fingerprint density at radius 3 is 3.00 bits per heavy atom. The maximum Gasteiger partial charge on any atom is 0.249 e. The number of ether oxygens (including phenoxy) is 1. The summed E-state index contributed by atoms with van der Waals surface area (Å²) in [6.45, 7) is 1.18. The number of aromatic nitrogens is 1. The van der Waals surface area contributed by atoms with Crippen molar-refractivity contribution in [2.75, 3.05) is 6.61 Å². The van der Waals surface area contributed by atoms with Crippen LogP contribution in [0.5, 0.6) is 0 Å². The van der Waals surface area contributed by atoms with E-state index in [2.05, 4.69) is 22.4 Å². The molecule has 0 saturated carbocycles. The van der Waals surface area contributed by atoms with Crippen molar-refractivity contribution in [3.8, 4) is 0 Å². The van der Waals surface area contributed by atoms with E-state index in [1.165, 1.54) is 10.4 Å². The number of carbonyl (C=O) groups is 1. The number of carbonyl (C=O) groups excluding carboxylic acids is 1. The summed E-state index contributed by atoms with van der Waals surface area (Å²) in [5.41, 5.74) is 1.27. The number of thiazole rings is 1. The third-order valence-corrected chi connectivity index (χ3v) is 4.46. The lowest BCUT2D eigenvalue weighted by atomic mass is 10.1. The van der Waals surface area contributed by atoms with Gasteiger partial charge in [0.05, 0.1) is 6.54 Å². The fourth-order valence-corrected chi connectivity index (χ4v) is 3.27. The van der Waals surface area contributed by atoms with Gasteiger partial charge in [-0.2, -0.15) is 0 Å². The van der Waals surface area contributed by atoms with Gasteiger partial charge in [-0.25, -0.2) is 4.98 Å². The second-order valence-corrected chi connectivity index (χ2v) is 6.30. The molecular formula is C16H18N2O2S. The lowest BCUT2D eigenvalue weighted by molar-refractivity contribution is -0.130. The largest absolute Gasteiger partial charge is 0.368 e. The van der Waals surface area contributed by atoms with Crippen molar-refractivity contribution in [1.82, 2.24) is 10.3 Å². The van der Waals surface area contributed by atoms with Crippen LogP contribution in [-0.4, -0.2) is 23.6 Å². The maximum atomic E-state index is 11.9. The van der Waals surface area contributed by atoms with E-state index in [9.17, 15) is 4.79 Å². The first-order valence-electron chi connectivity index (χ1n) is 7.18. The standard InChI is InChI=1S/C16H18N2O2S/c19-16(14-7-4-8-20-14)18-11-15-17-10-13(21-15)9-12-5-2-1-3-6-12/h1-3,5-6,10,14H,4,7-9,11H2,(H,18,19). The zero-order valence-electron chi connectivity index (χ0n) is 11.7. The summed E-state index contributed by atoms with van der Waals surface area (Å²) in [6, 6.07) is 10.3. The molecule has 1 aromatic heterocycles. The molecule has 1 fully saturated rings. The Morgan fingerprint density at radius 1 is 1.38 bits per heavy atom. The van der Waals surface area contributed by atoms with Gasteiger partial charge in [0.25, 0.3) is 0 Å². The van der Waals surface area contributed by atoms with Crippen LogP contribution in [0.3, 0.4) is 0 Å². The van der Waals surface area contributed by atoms with Crippen LogP contribution >= 0.6 is 11.3 Å². The van der Waals surface area contributed by atoms with Crippen LogP contribution < -0.4 is 5.32 Å². The van der Waals surface area contributed by atoms with Crippen molar-refractivity contribution < 1.29 is 9.53 Å². The van der Waals surface area contributed by atoms with Gasteiger partial charge in [-0.1, -0.05) is 30.3 Å². The molecule has 5 heteroatoms. The molecule has 21 heavy (non-hydrogen) atoms. The van der Waals surface area contributed by atoms with Crippen LogP contribution in [0.15, 0.2) is 36.5 Å². The highest BCUT2D eigenvalue weighted by Gasteiger charge is 2.23. The van der Waals surface area contributed by atoms with Crippen LogP contribution in [0.1, 0.15) is 28.3 Å². The molecule has 1 aromatic carbocycles. The molecule has 1 amide bonds. The molecule has 1 aliphatic heterocycles. The number of hydrogen-bond donors (Lipinski definition) is 1. The van der Waals surface area contributed by atoms with Gasteiger partial charge in [0, 0.05) is 24.1 Å². The van der Waals surface area contributed by atoms with E-state index in [1.807, 2.05) is 24.4 Å². The Hall–Kier alpha value is -1.72. The summed E-state index contributed by atoms with van der Waals surface area (Å²) in [6.07, 6.45) is 4.30. The molecule has 0 spiro atoms. The lowest BCUT2D eigenvalue weighted by Gasteiger charge is -2.08. The Morgan fingerprint density at radius 2 is 2.24 bits per heavy atom. The zero-order valence-corrected chi connectivity index (χ0v) is 12.6. The van der Waals surface area contributed by atoms with E-state index in [0.29, 0.717) is 13.2 Å². The van der Waals surface area contributed by atoms with Crippen molar-refractivity contribution in [2.45, 2.75) is 31.9 Å². The lowest BCUT2D eigenvalue weighted by Crippen LogP contribution is -2.33. The van der Waals surface area contributed by atoms with Gasteiger partial charge in [0.2, 0.25) is 5.91 Å². The van der Waals surface area contributed by atoms with Crippen molar-refractivity contribution in [1.29, 1.82) is 0 Å². The van der Waals surface area contributed by atoms with Gasteiger partial charge >= 0.3 is 0 Å². The number of nitrogens with zero attached hydrogens (tertiary/aromatic N) is 1. The molecule has 1 N–H and O–H groups in total. The second kappa shape index (κ2) is 6.83. The molecule has 110 valence electrons. The number of nitrogens with one attached hydrogen (secondary N) is 1. The van der Waals surface area contributed by atoms with E-state index in [1.54, 1.807) is 11.3 Å². The maximum absolute atomic E-state index is 11.9. The van der Waals surface area contributed by atoms with Gasteiger partial charge in [0.15, 0.2) is 0 Å². The van der Waals surface area contributed by atoms with E-state index >= 15 is 0 Å². The molecule has 4 nitrogen and oxygen atoms in total. The van der Waals surface area contributed by atoms with Crippen molar-refractivity contribution >= 4 is 17.2 Å². The molecule has 0 radical (unpaired) electrons. The van der Waals surface area contributed by atoms with Crippen LogP contribution in [-0.2, 0) is 22.5 Å². The number of rotatable bonds is 5. The summed E-state index contributed by atoms with van der Waals surface area (Å²) >= 11 is 1.65. The van der Waals surface area contributed by atoms with Gasteiger partial charge in [-0.05, 0) is 18.4 Å². The minimum absolute atomic E-state index is 0.0210. The average molecular weight is 302 g/mol. The smallest absolute Gasteiger partial charge is 0.249 e. The molecule has 2 heterocycles. The van der Waals surface area contributed by atoms with E-state index < -0.39 is 0 Å². The normalized spacial score (nSPS) is 17.8. The van der Waals surface area contributed by atoms with Gasteiger partial charge < -0.3 is 10.1 Å². The molecule has 2 aromatic rings.